The lowest BCUT2D eigenvalue weighted by atomic mass is 10.1. The van der Waals surface area contributed by atoms with E-state index in [4.69, 9.17) is 11.6 Å². The summed E-state index contributed by atoms with van der Waals surface area (Å²) in [5.74, 6) is 0. The van der Waals surface area contributed by atoms with Gasteiger partial charge in [0.2, 0.25) is 0 Å². The van der Waals surface area contributed by atoms with Gasteiger partial charge in [0, 0.05) is 27.4 Å². The number of hydrogen-bond donors (Lipinski definition) is 1. The normalized spacial score (nSPS) is 17.3. The first-order valence-electron chi connectivity index (χ1n) is 6.47. The van der Waals surface area contributed by atoms with Crippen molar-refractivity contribution in [1.82, 2.24) is 0 Å². The number of anilines is 1. The molecule has 0 amide bonds. The molecule has 1 unspecified atom stereocenters. The van der Waals surface area contributed by atoms with E-state index in [1.165, 1.54) is 10.5 Å². The molecule has 1 heterocycles. The summed E-state index contributed by atoms with van der Waals surface area (Å²) in [4.78, 5) is 1.43. The summed E-state index contributed by atoms with van der Waals surface area (Å²) in [7, 11) is 0. The summed E-state index contributed by atoms with van der Waals surface area (Å²) in [6.07, 6.45) is 1.15. The largest absolute Gasteiger partial charge is 0.384 e. The minimum atomic E-state index is 0.609. The maximum atomic E-state index is 6.14. The number of aryl methyl sites for hydroxylation is 1. The average molecular weight is 290 g/mol. The molecule has 1 N–H and O–H groups in total. The smallest absolute Gasteiger partial charge is 0.0455 e. The third kappa shape index (κ3) is 2.90. The Morgan fingerprint density at radius 2 is 2.11 bits per heavy atom. The highest BCUT2D eigenvalue weighted by atomic mass is 35.5. The van der Waals surface area contributed by atoms with Gasteiger partial charge in [-0.05, 0) is 42.7 Å². The lowest BCUT2D eigenvalue weighted by Crippen LogP contribution is -2.15. The minimum absolute atomic E-state index is 0.609. The predicted molar refractivity (Wildman–Crippen MR) is 84.5 cm³/mol. The van der Waals surface area contributed by atoms with Gasteiger partial charge in [-0.1, -0.05) is 35.9 Å². The number of thioether (sulfide) groups is 1. The molecule has 3 heteroatoms. The van der Waals surface area contributed by atoms with Crippen LogP contribution in [0.1, 0.15) is 11.1 Å². The van der Waals surface area contributed by atoms with E-state index in [-0.39, 0.29) is 0 Å². The molecule has 98 valence electrons. The number of nitrogens with one attached hydrogen (secondary N) is 1. The molecule has 0 saturated heterocycles. The van der Waals surface area contributed by atoms with Crippen molar-refractivity contribution in [2.75, 3.05) is 11.9 Å². The van der Waals surface area contributed by atoms with Crippen LogP contribution in [0.4, 0.5) is 5.69 Å². The van der Waals surface area contributed by atoms with Crippen molar-refractivity contribution in [1.29, 1.82) is 0 Å². The maximum Gasteiger partial charge on any atom is 0.0455 e. The maximum absolute atomic E-state index is 6.14. The number of benzene rings is 2. The monoisotopic (exact) mass is 289 g/mol. The van der Waals surface area contributed by atoms with Crippen molar-refractivity contribution in [2.45, 2.75) is 23.5 Å². The fraction of sp³-hybridized carbons (Fsp3) is 0.250. The lowest BCUT2D eigenvalue weighted by molar-refractivity contribution is 0.899. The second-order valence-corrected chi connectivity index (χ2v) is 6.65. The first-order chi connectivity index (χ1) is 9.22. The molecule has 1 aliphatic rings. The van der Waals surface area contributed by atoms with Crippen molar-refractivity contribution >= 4 is 29.1 Å². The van der Waals surface area contributed by atoms with Crippen LogP contribution >= 0.6 is 23.4 Å². The van der Waals surface area contributed by atoms with E-state index in [0.717, 1.165) is 29.2 Å². The first-order valence-corrected chi connectivity index (χ1v) is 7.73. The van der Waals surface area contributed by atoms with Gasteiger partial charge in [0.25, 0.3) is 0 Å². The van der Waals surface area contributed by atoms with Gasteiger partial charge in [0.1, 0.15) is 0 Å². The van der Waals surface area contributed by atoms with Gasteiger partial charge in [-0.3, -0.25) is 0 Å². The van der Waals surface area contributed by atoms with E-state index in [1.54, 1.807) is 0 Å². The van der Waals surface area contributed by atoms with Crippen LogP contribution in [-0.2, 0) is 6.42 Å². The van der Waals surface area contributed by atoms with E-state index < -0.39 is 0 Å². The highest BCUT2D eigenvalue weighted by Crippen LogP contribution is 2.36. The van der Waals surface area contributed by atoms with Crippen LogP contribution in [0, 0.1) is 6.92 Å². The van der Waals surface area contributed by atoms with Gasteiger partial charge < -0.3 is 5.32 Å². The molecule has 1 nitrogen and oxygen atoms in total. The zero-order chi connectivity index (χ0) is 13.2. The number of hydrogen-bond acceptors (Lipinski definition) is 2. The quantitative estimate of drug-likeness (QED) is 0.873. The highest BCUT2D eigenvalue weighted by molar-refractivity contribution is 8.00. The molecule has 0 spiro atoms. The SMILES string of the molecule is Cc1ccc(NCC2Cc3ccccc3S2)cc1Cl. The third-order valence-electron chi connectivity index (χ3n) is 3.42. The summed E-state index contributed by atoms with van der Waals surface area (Å²) in [5.41, 5.74) is 3.70. The first kappa shape index (κ1) is 12.9. The molecule has 0 bridgehead atoms. The second kappa shape index (κ2) is 5.48. The summed E-state index contributed by atoms with van der Waals surface area (Å²) < 4.78 is 0. The molecule has 0 aliphatic carbocycles. The molecule has 2 aromatic carbocycles. The Labute approximate surface area is 123 Å². The molecule has 1 aliphatic heterocycles. The predicted octanol–water partition coefficient (Wildman–Crippen LogP) is 4.78. The van der Waals surface area contributed by atoms with E-state index in [2.05, 4.69) is 41.7 Å². The molecule has 19 heavy (non-hydrogen) atoms. The Balaban J connectivity index is 1.61. The van der Waals surface area contributed by atoms with Crippen molar-refractivity contribution in [3.05, 3.63) is 58.6 Å². The van der Waals surface area contributed by atoms with Gasteiger partial charge in [0.15, 0.2) is 0 Å². The Kier molecular flexibility index (Phi) is 3.72. The van der Waals surface area contributed by atoms with Crippen molar-refractivity contribution in [3.63, 3.8) is 0 Å². The lowest BCUT2D eigenvalue weighted by Gasteiger charge is -2.12. The van der Waals surface area contributed by atoms with Crippen molar-refractivity contribution < 1.29 is 0 Å². The highest BCUT2D eigenvalue weighted by Gasteiger charge is 2.21. The fourth-order valence-corrected chi connectivity index (χ4v) is 3.73. The minimum Gasteiger partial charge on any atom is -0.384 e. The summed E-state index contributed by atoms with van der Waals surface area (Å²) >= 11 is 8.10. The topological polar surface area (TPSA) is 12.0 Å². The third-order valence-corrected chi connectivity index (χ3v) is 5.15. The van der Waals surface area contributed by atoms with Gasteiger partial charge in [-0.15, -0.1) is 11.8 Å². The Morgan fingerprint density at radius 3 is 2.89 bits per heavy atom. The standard InChI is InChI=1S/C16H16ClNS/c1-11-6-7-13(9-15(11)17)18-10-14-8-12-4-2-3-5-16(12)19-14/h2-7,9,14,18H,8,10H2,1H3. The molecule has 2 aromatic rings. The second-order valence-electron chi connectivity index (χ2n) is 4.90. The van der Waals surface area contributed by atoms with E-state index >= 15 is 0 Å². The molecular formula is C16H16ClNS. The van der Waals surface area contributed by atoms with Gasteiger partial charge >= 0.3 is 0 Å². The zero-order valence-electron chi connectivity index (χ0n) is 10.8. The van der Waals surface area contributed by atoms with Crippen LogP contribution in [0.2, 0.25) is 5.02 Å². The van der Waals surface area contributed by atoms with E-state index in [9.17, 15) is 0 Å². The molecule has 0 radical (unpaired) electrons. The van der Waals surface area contributed by atoms with Crippen molar-refractivity contribution in [3.8, 4) is 0 Å². The Morgan fingerprint density at radius 1 is 1.26 bits per heavy atom. The molecule has 0 aromatic heterocycles. The fourth-order valence-electron chi connectivity index (χ4n) is 2.30. The molecule has 0 fully saturated rings. The van der Waals surface area contributed by atoms with Gasteiger partial charge in [-0.2, -0.15) is 0 Å². The van der Waals surface area contributed by atoms with Crippen LogP contribution in [0.5, 0.6) is 0 Å². The molecule has 3 rings (SSSR count). The summed E-state index contributed by atoms with van der Waals surface area (Å²) in [6.45, 7) is 2.99. The van der Waals surface area contributed by atoms with Crippen LogP contribution in [0.3, 0.4) is 0 Å². The molecule has 0 saturated carbocycles. The summed E-state index contributed by atoms with van der Waals surface area (Å²) in [5, 5.41) is 4.92. The molecular weight excluding hydrogens is 274 g/mol. The van der Waals surface area contributed by atoms with Crippen LogP contribution < -0.4 is 5.32 Å². The number of rotatable bonds is 3. The van der Waals surface area contributed by atoms with Crippen LogP contribution in [0.15, 0.2) is 47.4 Å². The van der Waals surface area contributed by atoms with Crippen LogP contribution in [-0.4, -0.2) is 11.8 Å². The average Bonchev–Trinajstić information content (AvgIpc) is 2.83. The van der Waals surface area contributed by atoms with E-state index in [1.807, 2.05) is 24.8 Å². The Bertz CT molecular complexity index is 572. The van der Waals surface area contributed by atoms with Crippen LogP contribution in [0.25, 0.3) is 0 Å². The van der Waals surface area contributed by atoms with Gasteiger partial charge in [0.05, 0.1) is 0 Å². The van der Waals surface area contributed by atoms with Crippen molar-refractivity contribution in [2.24, 2.45) is 0 Å². The Hall–Kier alpha value is -1.12. The van der Waals surface area contributed by atoms with Gasteiger partial charge in [-0.25, -0.2) is 0 Å². The van der Waals surface area contributed by atoms with E-state index in [0.29, 0.717) is 5.25 Å². The number of halogens is 1. The molecule has 1 atom stereocenters. The number of fused-ring (bicyclic) bond motifs is 1. The zero-order valence-corrected chi connectivity index (χ0v) is 12.4. The summed E-state index contributed by atoms with van der Waals surface area (Å²) in [6, 6.07) is 14.8.